The van der Waals surface area contributed by atoms with Crippen molar-refractivity contribution in [1.29, 1.82) is 0 Å². The van der Waals surface area contributed by atoms with Crippen LogP contribution in [-0.4, -0.2) is 30.2 Å². The van der Waals surface area contributed by atoms with Gasteiger partial charge in [-0.2, -0.15) is 0 Å². The molecule has 1 heterocycles. The van der Waals surface area contributed by atoms with Crippen LogP contribution in [-0.2, 0) is 0 Å². The fourth-order valence-electron chi connectivity index (χ4n) is 3.53. The van der Waals surface area contributed by atoms with Gasteiger partial charge in [0.2, 0.25) is 0 Å². The topological polar surface area (TPSA) is 3.24 Å². The molecule has 0 amide bonds. The standard InChI is InChI=1S/C19H38FN/c1-3-5-7-9-11-13-19(12-10-8-6-4-2)21-16-14-18(20)15-17-21/h18-19H,3-17H2,1-2H3. The molecule has 126 valence electrons. The highest BCUT2D eigenvalue weighted by Gasteiger charge is 2.24. The summed E-state index contributed by atoms with van der Waals surface area (Å²) in [4.78, 5) is 2.60. The minimum absolute atomic E-state index is 0.536. The smallest absolute Gasteiger partial charge is 0.103 e. The Labute approximate surface area is 132 Å². The van der Waals surface area contributed by atoms with Crippen molar-refractivity contribution in [2.24, 2.45) is 0 Å². The zero-order chi connectivity index (χ0) is 15.3. The van der Waals surface area contributed by atoms with Crippen LogP contribution in [0.1, 0.15) is 97.3 Å². The van der Waals surface area contributed by atoms with Gasteiger partial charge in [-0.05, 0) is 25.7 Å². The SMILES string of the molecule is CCCCCCCC(CCCCCC)N1CCC(F)CC1. The lowest BCUT2D eigenvalue weighted by Gasteiger charge is -2.36. The highest BCUT2D eigenvalue weighted by molar-refractivity contribution is 4.78. The molecule has 0 bridgehead atoms. The van der Waals surface area contributed by atoms with Crippen LogP contribution in [0, 0.1) is 0 Å². The fraction of sp³-hybridized carbons (Fsp3) is 1.00. The minimum Gasteiger partial charge on any atom is -0.300 e. The van der Waals surface area contributed by atoms with Crippen molar-refractivity contribution < 1.29 is 4.39 Å². The molecule has 0 radical (unpaired) electrons. The Morgan fingerprint density at radius 3 is 1.81 bits per heavy atom. The number of alkyl halides is 1. The van der Waals surface area contributed by atoms with Crippen molar-refractivity contribution in [3.63, 3.8) is 0 Å². The van der Waals surface area contributed by atoms with Crippen molar-refractivity contribution in [2.45, 2.75) is 110 Å². The summed E-state index contributed by atoms with van der Waals surface area (Å²) in [5.41, 5.74) is 0. The number of halogens is 1. The van der Waals surface area contributed by atoms with Gasteiger partial charge >= 0.3 is 0 Å². The van der Waals surface area contributed by atoms with Crippen LogP contribution in [0.2, 0.25) is 0 Å². The first-order valence-corrected chi connectivity index (χ1v) is 9.66. The zero-order valence-corrected chi connectivity index (χ0v) is 14.6. The molecule has 1 atom stereocenters. The molecule has 1 saturated heterocycles. The Morgan fingerprint density at radius 1 is 0.810 bits per heavy atom. The molecule has 0 spiro atoms. The third-order valence-corrected chi connectivity index (χ3v) is 5.01. The molecule has 0 saturated carbocycles. The number of unbranched alkanes of at least 4 members (excludes halogenated alkanes) is 7. The Hall–Kier alpha value is -0.110. The summed E-state index contributed by atoms with van der Waals surface area (Å²) < 4.78 is 13.3. The van der Waals surface area contributed by atoms with E-state index in [0.717, 1.165) is 32.0 Å². The van der Waals surface area contributed by atoms with Crippen LogP contribution < -0.4 is 0 Å². The van der Waals surface area contributed by atoms with E-state index in [4.69, 9.17) is 0 Å². The van der Waals surface area contributed by atoms with Crippen molar-refractivity contribution in [3.05, 3.63) is 0 Å². The minimum atomic E-state index is -0.536. The number of rotatable bonds is 12. The van der Waals surface area contributed by atoms with Gasteiger partial charge in [0.15, 0.2) is 0 Å². The number of hydrogen-bond donors (Lipinski definition) is 0. The maximum atomic E-state index is 13.3. The molecule has 0 aromatic rings. The van der Waals surface area contributed by atoms with Crippen LogP contribution in [0.5, 0.6) is 0 Å². The van der Waals surface area contributed by atoms with E-state index in [1.807, 2.05) is 0 Å². The van der Waals surface area contributed by atoms with Gasteiger partial charge < -0.3 is 4.90 Å². The Morgan fingerprint density at radius 2 is 1.29 bits per heavy atom. The lowest BCUT2D eigenvalue weighted by Crippen LogP contribution is -2.42. The van der Waals surface area contributed by atoms with Gasteiger partial charge in [-0.25, -0.2) is 4.39 Å². The first-order chi connectivity index (χ1) is 10.3. The maximum Gasteiger partial charge on any atom is 0.103 e. The van der Waals surface area contributed by atoms with Crippen LogP contribution in [0.25, 0.3) is 0 Å². The summed E-state index contributed by atoms with van der Waals surface area (Å²) in [6, 6.07) is 0.732. The van der Waals surface area contributed by atoms with E-state index in [1.54, 1.807) is 0 Å². The predicted molar refractivity (Wildman–Crippen MR) is 91.6 cm³/mol. The van der Waals surface area contributed by atoms with Gasteiger partial charge in [0.1, 0.15) is 6.17 Å². The van der Waals surface area contributed by atoms with Crippen LogP contribution in [0.4, 0.5) is 4.39 Å². The van der Waals surface area contributed by atoms with E-state index in [9.17, 15) is 4.39 Å². The Bertz CT molecular complexity index is 224. The molecule has 1 rings (SSSR count). The molecule has 1 aliphatic rings. The van der Waals surface area contributed by atoms with E-state index in [1.165, 1.54) is 70.6 Å². The molecule has 1 nitrogen and oxygen atoms in total. The van der Waals surface area contributed by atoms with Gasteiger partial charge in [0.05, 0.1) is 0 Å². The summed E-state index contributed by atoms with van der Waals surface area (Å²) in [6.45, 7) is 6.54. The van der Waals surface area contributed by atoms with Crippen molar-refractivity contribution in [2.75, 3.05) is 13.1 Å². The molecular formula is C19H38FN. The number of likely N-dealkylation sites (tertiary alicyclic amines) is 1. The Balaban J connectivity index is 2.27. The summed E-state index contributed by atoms with van der Waals surface area (Å²) in [5.74, 6) is 0. The summed E-state index contributed by atoms with van der Waals surface area (Å²) in [5, 5.41) is 0. The second-order valence-electron chi connectivity index (χ2n) is 6.92. The van der Waals surface area contributed by atoms with E-state index in [2.05, 4.69) is 18.7 Å². The number of hydrogen-bond acceptors (Lipinski definition) is 1. The highest BCUT2D eigenvalue weighted by Crippen LogP contribution is 2.23. The van der Waals surface area contributed by atoms with E-state index in [-0.39, 0.29) is 0 Å². The quantitative estimate of drug-likeness (QED) is 0.392. The first kappa shape index (κ1) is 18.9. The van der Waals surface area contributed by atoms with E-state index >= 15 is 0 Å². The molecular weight excluding hydrogens is 261 g/mol. The van der Waals surface area contributed by atoms with Gasteiger partial charge in [0.25, 0.3) is 0 Å². The van der Waals surface area contributed by atoms with Gasteiger partial charge in [0, 0.05) is 19.1 Å². The summed E-state index contributed by atoms with van der Waals surface area (Å²) in [7, 11) is 0. The first-order valence-electron chi connectivity index (χ1n) is 9.66. The van der Waals surface area contributed by atoms with E-state index in [0.29, 0.717) is 0 Å². The molecule has 0 aliphatic carbocycles. The van der Waals surface area contributed by atoms with Gasteiger partial charge in [-0.1, -0.05) is 71.6 Å². The highest BCUT2D eigenvalue weighted by atomic mass is 19.1. The third kappa shape index (κ3) is 8.80. The maximum absolute atomic E-state index is 13.3. The largest absolute Gasteiger partial charge is 0.300 e. The molecule has 0 aromatic heterocycles. The molecule has 0 N–H and O–H groups in total. The number of piperidine rings is 1. The summed E-state index contributed by atoms with van der Waals surface area (Å²) in [6.07, 6.45) is 16.0. The average molecular weight is 300 g/mol. The van der Waals surface area contributed by atoms with Gasteiger partial charge in [-0.3, -0.25) is 0 Å². The van der Waals surface area contributed by atoms with Crippen LogP contribution in [0.3, 0.4) is 0 Å². The number of nitrogens with zero attached hydrogens (tertiary/aromatic N) is 1. The molecule has 21 heavy (non-hydrogen) atoms. The molecule has 1 aliphatic heterocycles. The fourth-order valence-corrected chi connectivity index (χ4v) is 3.53. The van der Waals surface area contributed by atoms with Crippen LogP contribution >= 0.6 is 0 Å². The normalized spacial score (nSPS) is 19.0. The van der Waals surface area contributed by atoms with Crippen molar-refractivity contribution in [1.82, 2.24) is 4.90 Å². The molecule has 1 unspecified atom stereocenters. The zero-order valence-electron chi connectivity index (χ0n) is 14.6. The average Bonchev–Trinajstić information content (AvgIpc) is 2.50. The molecule has 0 aromatic carbocycles. The molecule has 2 heteroatoms. The third-order valence-electron chi connectivity index (χ3n) is 5.01. The Kier molecular flexibility index (Phi) is 11.2. The summed E-state index contributed by atoms with van der Waals surface area (Å²) >= 11 is 0. The van der Waals surface area contributed by atoms with Crippen molar-refractivity contribution >= 4 is 0 Å². The predicted octanol–water partition coefficient (Wildman–Crippen LogP) is 6.12. The second-order valence-corrected chi connectivity index (χ2v) is 6.92. The molecule has 1 fully saturated rings. The van der Waals surface area contributed by atoms with Gasteiger partial charge in [-0.15, -0.1) is 0 Å². The lowest BCUT2D eigenvalue weighted by molar-refractivity contribution is 0.0988. The lowest BCUT2D eigenvalue weighted by atomic mass is 9.97. The van der Waals surface area contributed by atoms with Crippen molar-refractivity contribution in [3.8, 4) is 0 Å². The van der Waals surface area contributed by atoms with E-state index < -0.39 is 6.17 Å². The monoisotopic (exact) mass is 299 g/mol. The second kappa shape index (κ2) is 12.4. The van der Waals surface area contributed by atoms with Crippen LogP contribution in [0.15, 0.2) is 0 Å².